The van der Waals surface area contributed by atoms with Crippen LogP contribution in [0.1, 0.15) is 31.7 Å². The van der Waals surface area contributed by atoms with Crippen LogP contribution in [-0.2, 0) is 6.54 Å². The van der Waals surface area contributed by atoms with Gasteiger partial charge in [0.15, 0.2) is 5.96 Å². The lowest BCUT2D eigenvalue weighted by molar-refractivity contribution is 0.255. The smallest absolute Gasteiger partial charge is 0.191 e. The minimum Gasteiger partial charge on any atom is -0.356 e. The molecule has 0 bridgehead atoms. The monoisotopic (exact) mass is 488 g/mol. The van der Waals surface area contributed by atoms with Crippen LogP contribution in [0.4, 0.5) is 0 Å². The lowest BCUT2D eigenvalue weighted by atomic mass is 10.1. The molecule has 2 fully saturated rings. The third-order valence-corrected chi connectivity index (χ3v) is 6.72. The van der Waals surface area contributed by atoms with Crippen molar-refractivity contribution in [2.75, 3.05) is 32.4 Å². The van der Waals surface area contributed by atoms with Crippen molar-refractivity contribution in [3.8, 4) is 0 Å². The highest BCUT2D eigenvalue weighted by atomic mass is 127. The Labute approximate surface area is 180 Å². The average molecular weight is 488 g/mol. The molecule has 2 aliphatic rings. The molecule has 0 radical (unpaired) electrons. The zero-order chi connectivity index (χ0) is 17.5. The quantitative estimate of drug-likeness (QED) is 0.365. The first-order chi connectivity index (χ1) is 12.2. The second-order valence-electron chi connectivity index (χ2n) is 7.33. The van der Waals surface area contributed by atoms with Gasteiger partial charge in [-0.1, -0.05) is 30.3 Å². The highest BCUT2D eigenvalue weighted by Crippen LogP contribution is 2.25. The van der Waals surface area contributed by atoms with E-state index in [9.17, 15) is 0 Å². The second kappa shape index (κ2) is 11.4. The Morgan fingerprint density at radius 3 is 2.69 bits per heavy atom. The van der Waals surface area contributed by atoms with Gasteiger partial charge in [-0.2, -0.15) is 11.8 Å². The number of aliphatic imine (C=N–C) groups is 1. The molecule has 2 heterocycles. The summed E-state index contributed by atoms with van der Waals surface area (Å²) in [5, 5.41) is 7.80. The minimum absolute atomic E-state index is 0. The van der Waals surface area contributed by atoms with Crippen LogP contribution in [0.2, 0.25) is 0 Å². The number of benzene rings is 1. The molecule has 0 aliphatic carbocycles. The van der Waals surface area contributed by atoms with Crippen molar-refractivity contribution >= 4 is 41.7 Å². The largest absolute Gasteiger partial charge is 0.356 e. The van der Waals surface area contributed by atoms with E-state index in [1.54, 1.807) is 0 Å². The number of nitrogens with zero attached hydrogens (tertiary/aromatic N) is 2. The Balaban J connectivity index is 0.00000243. The van der Waals surface area contributed by atoms with Crippen LogP contribution < -0.4 is 10.6 Å². The van der Waals surface area contributed by atoms with Gasteiger partial charge < -0.3 is 10.6 Å². The standard InChI is InChI=1S/C20H32N4S.HI/c1-16-11-18(15-24(16)14-17-7-4-3-5-8-17)12-22-20(21-2)23-13-19-9-6-10-25-19;/h3-5,7-8,16,18-19H,6,9-15H2,1-2H3,(H2,21,22,23);1H. The molecular formula is C20H33IN4S. The van der Waals surface area contributed by atoms with Gasteiger partial charge in [0.25, 0.3) is 0 Å². The van der Waals surface area contributed by atoms with Gasteiger partial charge in [0.2, 0.25) is 0 Å². The molecule has 1 aromatic rings. The van der Waals surface area contributed by atoms with Crippen molar-refractivity contribution in [1.82, 2.24) is 15.5 Å². The molecule has 3 atom stereocenters. The fraction of sp³-hybridized carbons (Fsp3) is 0.650. The number of hydrogen-bond donors (Lipinski definition) is 2. The molecule has 2 saturated heterocycles. The zero-order valence-electron chi connectivity index (χ0n) is 16.0. The summed E-state index contributed by atoms with van der Waals surface area (Å²) in [6, 6.07) is 11.5. The fourth-order valence-corrected chi connectivity index (χ4v) is 5.08. The summed E-state index contributed by atoms with van der Waals surface area (Å²) in [6.07, 6.45) is 3.96. The van der Waals surface area contributed by atoms with Crippen LogP contribution in [0, 0.1) is 5.92 Å². The van der Waals surface area contributed by atoms with Gasteiger partial charge in [-0.15, -0.1) is 24.0 Å². The molecule has 0 saturated carbocycles. The fourth-order valence-electron chi connectivity index (χ4n) is 3.88. The van der Waals surface area contributed by atoms with E-state index in [0.717, 1.165) is 30.8 Å². The minimum atomic E-state index is 0. The van der Waals surface area contributed by atoms with Crippen LogP contribution in [0.5, 0.6) is 0 Å². The van der Waals surface area contributed by atoms with E-state index in [4.69, 9.17) is 0 Å². The molecular weight excluding hydrogens is 455 g/mol. The summed E-state index contributed by atoms with van der Waals surface area (Å²) >= 11 is 2.09. The number of halogens is 1. The van der Waals surface area contributed by atoms with Gasteiger partial charge in [-0.25, -0.2) is 0 Å². The van der Waals surface area contributed by atoms with E-state index in [0.29, 0.717) is 12.0 Å². The van der Waals surface area contributed by atoms with E-state index in [1.165, 1.54) is 37.1 Å². The van der Waals surface area contributed by atoms with Crippen LogP contribution in [-0.4, -0.2) is 54.6 Å². The lowest BCUT2D eigenvalue weighted by Crippen LogP contribution is -2.42. The molecule has 2 aliphatic heterocycles. The topological polar surface area (TPSA) is 39.7 Å². The third kappa shape index (κ3) is 6.60. The summed E-state index contributed by atoms with van der Waals surface area (Å²) in [4.78, 5) is 6.99. The van der Waals surface area contributed by atoms with Gasteiger partial charge in [-0.3, -0.25) is 9.89 Å². The molecule has 6 heteroatoms. The molecule has 1 aromatic carbocycles. The first-order valence-corrected chi connectivity index (χ1v) is 10.6. The molecule has 4 nitrogen and oxygen atoms in total. The number of hydrogen-bond acceptors (Lipinski definition) is 3. The SMILES string of the molecule is CN=C(NCC1CC(C)N(Cc2ccccc2)C1)NCC1CCCS1.I. The Bertz CT molecular complexity index is 548. The molecule has 2 N–H and O–H groups in total. The van der Waals surface area contributed by atoms with Crippen LogP contribution >= 0.6 is 35.7 Å². The van der Waals surface area contributed by atoms with Crippen molar-refractivity contribution in [2.45, 2.75) is 44.0 Å². The molecule has 146 valence electrons. The molecule has 26 heavy (non-hydrogen) atoms. The number of likely N-dealkylation sites (tertiary alicyclic amines) is 1. The number of thioether (sulfide) groups is 1. The van der Waals surface area contributed by atoms with Crippen LogP contribution in [0.15, 0.2) is 35.3 Å². The Kier molecular flexibility index (Phi) is 9.56. The van der Waals surface area contributed by atoms with Crippen molar-refractivity contribution in [1.29, 1.82) is 0 Å². The Hall–Kier alpha value is -0.470. The van der Waals surface area contributed by atoms with Crippen molar-refractivity contribution < 1.29 is 0 Å². The van der Waals surface area contributed by atoms with Crippen molar-refractivity contribution in [3.63, 3.8) is 0 Å². The van der Waals surface area contributed by atoms with Crippen molar-refractivity contribution in [3.05, 3.63) is 35.9 Å². The highest BCUT2D eigenvalue weighted by molar-refractivity contribution is 14.0. The maximum atomic E-state index is 4.39. The summed E-state index contributed by atoms with van der Waals surface area (Å²) in [5.74, 6) is 2.97. The van der Waals surface area contributed by atoms with E-state index in [1.807, 2.05) is 7.05 Å². The maximum absolute atomic E-state index is 4.39. The third-order valence-electron chi connectivity index (χ3n) is 5.32. The Morgan fingerprint density at radius 2 is 2.00 bits per heavy atom. The number of rotatable bonds is 6. The molecule has 0 amide bonds. The van der Waals surface area contributed by atoms with Gasteiger partial charge in [0.1, 0.15) is 0 Å². The predicted octanol–water partition coefficient (Wildman–Crippen LogP) is 3.58. The lowest BCUT2D eigenvalue weighted by Gasteiger charge is -2.21. The summed E-state index contributed by atoms with van der Waals surface area (Å²) in [6.45, 7) is 6.62. The Morgan fingerprint density at radius 1 is 1.23 bits per heavy atom. The molecule has 0 aromatic heterocycles. The molecule has 0 spiro atoms. The van der Waals surface area contributed by atoms with Gasteiger partial charge in [-0.05, 0) is 43.4 Å². The van der Waals surface area contributed by atoms with Gasteiger partial charge >= 0.3 is 0 Å². The average Bonchev–Trinajstić information content (AvgIpc) is 3.26. The van der Waals surface area contributed by atoms with Gasteiger partial charge in [0.05, 0.1) is 0 Å². The summed E-state index contributed by atoms with van der Waals surface area (Å²) < 4.78 is 0. The first-order valence-electron chi connectivity index (χ1n) is 9.58. The van der Waals surface area contributed by atoms with E-state index in [2.05, 4.69) is 69.5 Å². The zero-order valence-corrected chi connectivity index (χ0v) is 19.1. The molecule has 3 unspecified atom stereocenters. The van der Waals surface area contributed by atoms with E-state index >= 15 is 0 Å². The number of guanidine groups is 1. The van der Waals surface area contributed by atoms with Gasteiger partial charge in [0, 0.05) is 44.5 Å². The number of nitrogens with one attached hydrogen (secondary N) is 2. The second-order valence-corrected chi connectivity index (χ2v) is 8.74. The maximum Gasteiger partial charge on any atom is 0.191 e. The highest BCUT2D eigenvalue weighted by Gasteiger charge is 2.28. The summed E-state index contributed by atoms with van der Waals surface area (Å²) in [7, 11) is 1.87. The van der Waals surface area contributed by atoms with Crippen molar-refractivity contribution in [2.24, 2.45) is 10.9 Å². The molecule has 3 rings (SSSR count). The predicted molar refractivity (Wildman–Crippen MR) is 125 cm³/mol. The van der Waals surface area contributed by atoms with E-state index in [-0.39, 0.29) is 24.0 Å². The van der Waals surface area contributed by atoms with Crippen LogP contribution in [0.25, 0.3) is 0 Å². The van der Waals surface area contributed by atoms with E-state index < -0.39 is 0 Å². The normalized spacial score (nSPS) is 26.5. The van der Waals surface area contributed by atoms with Crippen LogP contribution in [0.3, 0.4) is 0 Å². The summed E-state index contributed by atoms with van der Waals surface area (Å²) in [5.41, 5.74) is 1.41. The first kappa shape index (κ1) is 21.8.